The summed E-state index contributed by atoms with van der Waals surface area (Å²) in [4.78, 5) is 4.85. The molecule has 0 bridgehead atoms. The first-order valence-corrected chi connectivity index (χ1v) is 8.19. The van der Waals surface area contributed by atoms with Crippen LogP contribution < -0.4 is 4.90 Å². The Morgan fingerprint density at radius 3 is 2.70 bits per heavy atom. The molecule has 1 aliphatic heterocycles. The van der Waals surface area contributed by atoms with Gasteiger partial charge in [-0.25, -0.2) is 5.10 Å². The van der Waals surface area contributed by atoms with Crippen LogP contribution in [0.1, 0.15) is 45.1 Å². The van der Waals surface area contributed by atoms with Gasteiger partial charge in [0.15, 0.2) is 4.77 Å². The van der Waals surface area contributed by atoms with Gasteiger partial charge >= 0.3 is 0 Å². The van der Waals surface area contributed by atoms with Crippen molar-refractivity contribution >= 4 is 18.2 Å². The molecule has 0 spiro atoms. The Morgan fingerprint density at radius 1 is 1.20 bits per heavy atom. The van der Waals surface area contributed by atoms with E-state index >= 15 is 0 Å². The monoisotopic (exact) mass is 295 g/mol. The minimum Gasteiger partial charge on any atom is -0.337 e. The summed E-state index contributed by atoms with van der Waals surface area (Å²) in [5.74, 6) is 1.06. The van der Waals surface area contributed by atoms with Crippen molar-refractivity contribution in [3.63, 3.8) is 0 Å². The Balaban J connectivity index is 1.91. The van der Waals surface area contributed by atoms with Crippen LogP contribution in [-0.4, -0.2) is 52.4 Å². The molecule has 1 saturated carbocycles. The van der Waals surface area contributed by atoms with Gasteiger partial charge in [0.25, 0.3) is 0 Å². The van der Waals surface area contributed by atoms with Gasteiger partial charge in [-0.05, 0) is 52.0 Å². The Morgan fingerprint density at radius 2 is 1.95 bits per heavy atom. The molecule has 1 unspecified atom stereocenters. The maximum atomic E-state index is 5.48. The van der Waals surface area contributed by atoms with E-state index in [-0.39, 0.29) is 0 Å². The lowest BCUT2D eigenvalue weighted by atomic mass is 10.2. The number of nitrogens with zero attached hydrogens (tertiary/aromatic N) is 4. The second kappa shape index (κ2) is 5.85. The minimum absolute atomic E-state index is 0.479. The van der Waals surface area contributed by atoms with Gasteiger partial charge < -0.3 is 9.80 Å². The number of hydrogen-bond donors (Lipinski definition) is 1. The quantitative estimate of drug-likeness (QED) is 0.851. The van der Waals surface area contributed by atoms with E-state index in [1.807, 2.05) is 0 Å². The van der Waals surface area contributed by atoms with Crippen LogP contribution in [0.25, 0.3) is 0 Å². The van der Waals surface area contributed by atoms with Gasteiger partial charge in [-0.1, -0.05) is 12.8 Å². The van der Waals surface area contributed by atoms with Crippen molar-refractivity contribution in [2.45, 2.75) is 51.1 Å². The molecule has 112 valence electrons. The van der Waals surface area contributed by atoms with Gasteiger partial charge in [0, 0.05) is 25.2 Å². The van der Waals surface area contributed by atoms with Crippen LogP contribution >= 0.6 is 12.2 Å². The van der Waals surface area contributed by atoms with Crippen LogP contribution in [0.3, 0.4) is 0 Å². The van der Waals surface area contributed by atoms with E-state index in [0.717, 1.165) is 30.4 Å². The van der Waals surface area contributed by atoms with Crippen molar-refractivity contribution in [3.05, 3.63) is 4.77 Å². The Bertz CT molecular complexity index is 502. The lowest BCUT2D eigenvalue weighted by molar-refractivity contribution is 0.336. The fourth-order valence-corrected chi connectivity index (χ4v) is 3.94. The zero-order chi connectivity index (χ0) is 14.1. The lowest BCUT2D eigenvalue weighted by Crippen LogP contribution is -2.39. The average Bonchev–Trinajstić information content (AvgIpc) is 3.00. The van der Waals surface area contributed by atoms with Crippen molar-refractivity contribution in [2.24, 2.45) is 0 Å². The third kappa shape index (κ3) is 2.63. The summed E-state index contributed by atoms with van der Waals surface area (Å²) in [7, 11) is 2.20. The number of aromatic amines is 1. The van der Waals surface area contributed by atoms with E-state index in [1.54, 1.807) is 0 Å². The molecule has 1 atom stereocenters. The first kappa shape index (κ1) is 14.1. The number of aromatic nitrogens is 3. The molecule has 0 aromatic carbocycles. The van der Waals surface area contributed by atoms with Crippen LogP contribution in [0.4, 0.5) is 5.95 Å². The predicted molar refractivity (Wildman–Crippen MR) is 83.8 cm³/mol. The van der Waals surface area contributed by atoms with Gasteiger partial charge in [-0.2, -0.15) is 0 Å². The zero-order valence-corrected chi connectivity index (χ0v) is 13.3. The van der Waals surface area contributed by atoms with Gasteiger partial charge in [-0.15, -0.1) is 5.10 Å². The summed E-state index contributed by atoms with van der Waals surface area (Å²) in [6, 6.07) is 1.03. The van der Waals surface area contributed by atoms with Crippen molar-refractivity contribution in [3.8, 4) is 0 Å². The number of H-pyrrole nitrogens is 1. The molecule has 1 saturated heterocycles. The Labute approximate surface area is 126 Å². The lowest BCUT2D eigenvalue weighted by Gasteiger charge is -2.30. The molecule has 20 heavy (non-hydrogen) atoms. The van der Waals surface area contributed by atoms with E-state index in [4.69, 9.17) is 12.2 Å². The highest BCUT2D eigenvalue weighted by Gasteiger charge is 2.27. The van der Waals surface area contributed by atoms with Crippen LogP contribution in [-0.2, 0) is 0 Å². The maximum Gasteiger partial charge on any atom is 0.226 e. The largest absolute Gasteiger partial charge is 0.337 e. The summed E-state index contributed by atoms with van der Waals surface area (Å²) in [6.07, 6.45) is 6.29. The highest BCUT2D eigenvalue weighted by Crippen LogP contribution is 2.33. The smallest absolute Gasteiger partial charge is 0.226 e. The van der Waals surface area contributed by atoms with E-state index in [9.17, 15) is 0 Å². The van der Waals surface area contributed by atoms with Crippen LogP contribution in [0.5, 0.6) is 0 Å². The Kier molecular flexibility index (Phi) is 4.12. The molecular formula is C14H25N5S. The van der Waals surface area contributed by atoms with E-state index in [0.29, 0.717) is 12.1 Å². The highest BCUT2D eigenvalue weighted by atomic mass is 32.1. The molecule has 1 aliphatic carbocycles. The van der Waals surface area contributed by atoms with E-state index in [2.05, 4.69) is 38.5 Å². The molecule has 1 aromatic rings. The van der Waals surface area contributed by atoms with Gasteiger partial charge in [0.2, 0.25) is 5.95 Å². The average molecular weight is 295 g/mol. The van der Waals surface area contributed by atoms with Crippen molar-refractivity contribution in [1.82, 2.24) is 19.7 Å². The molecule has 2 heterocycles. The third-order valence-corrected chi connectivity index (χ3v) is 4.97. The maximum absolute atomic E-state index is 5.48. The first-order chi connectivity index (χ1) is 9.66. The fourth-order valence-electron chi connectivity index (χ4n) is 3.66. The fraction of sp³-hybridized carbons (Fsp3) is 0.857. The molecule has 1 aromatic heterocycles. The standard InChI is InChI=1S/C14H25N5S/c1-11-10-17(2)8-5-9-18(11)13-15-16-14(20)19(13)12-6-3-4-7-12/h11-12H,3-10H2,1-2H3,(H,16,20). The first-order valence-electron chi connectivity index (χ1n) is 7.79. The summed E-state index contributed by atoms with van der Waals surface area (Å²) < 4.78 is 3.07. The van der Waals surface area contributed by atoms with Crippen molar-refractivity contribution in [1.29, 1.82) is 0 Å². The highest BCUT2D eigenvalue weighted by molar-refractivity contribution is 7.71. The van der Waals surface area contributed by atoms with Crippen LogP contribution in [0, 0.1) is 4.77 Å². The third-order valence-electron chi connectivity index (χ3n) is 4.68. The number of nitrogens with one attached hydrogen (secondary N) is 1. The SMILES string of the molecule is CC1CN(C)CCCN1c1n[nH]c(=S)n1C1CCCC1. The second-order valence-electron chi connectivity index (χ2n) is 6.30. The van der Waals surface area contributed by atoms with Gasteiger partial charge in [0.1, 0.15) is 0 Å². The number of rotatable bonds is 2. The molecule has 6 heteroatoms. The summed E-state index contributed by atoms with van der Waals surface area (Å²) in [5, 5.41) is 7.58. The van der Waals surface area contributed by atoms with Gasteiger partial charge in [-0.3, -0.25) is 4.57 Å². The molecule has 2 aliphatic rings. The van der Waals surface area contributed by atoms with Crippen molar-refractivity contribution < 1.29 is 0 Å². The summed E-state index contributed by atoms with van der Waals surface area (Å²) in [5.41, 5.74) is 0. The normalized spacial score (nSPS) is 26.1. The molecule has 2 fully saturated rings. The second-order valence-corrected chi connectivity index (χ2v) is 6.68. The van der Waals surface area contributed by atoms with Crippen LogP contribution in [0.15, 0.2) is 0 Å². The summed E-state index contributed by atoms with van der Waals surface area (Å²) >= 11 is 5.48. The van der Waals surface area contributed by atoms with E-state index in [1.165, 1.54) is 32.1 Å². The molecule has 0 radical (unpaired) electrons. The topological polar surface area (TPSA) is 40.1 Å². The predicted octanol–water partition coefficient (Wildman–Crippen LogP) is 2.59. The van der Waals surface area contributed by atoms with Gasteiger partial charge in [0.05, 0.1) is 0 Å². The molecule has 5 nitrogen and oxygen atoms in total. The molecule has 0 amide bonds. The molecular weight excluding hydrogens is 270 g/mol. The van der Waals surface area contributed by atoms with Crippen LogP contribution in [0.2, 0.25) is 0 Å². The van der Waals surface area contributed by atoms with E-state index < -0.39 is 0 Å². The summed E-state index contributed by atoms with van der Waals surface area (Å²) in [6.45, 7) is 5.61. The Hall–Kier alpha value is -0.880. The molecule has 3 rings (SSSR count). The minimum atomic E-state index is 0.479. The number of hydrogen-bond acceptors (Lipinski definition) is 4. The van der Waals surface area contributed by atoms with Crippen molar-refractivity contribution in [2.75, 3.05) is 31.6 Å². The molecule has 1 N–H and O–H groups in total. The number of likely N-dealkylation sites (N-methyl/N-ethyl adjacent to an activating group) is 1. The zero-order valence-electron chi connectivity index (χ0n) is 12.5. The number of anilines is 1.